The summed E-state index contributed by atoms with van der Waals surface area (Å²) in [7, 11) is 1.28. The summed E-state index contributed by atoms with van der Waals surface area (Å²) < 4.78 is 4.70. The van der Waals surface area contributed by atoms with Gasteiger partial charge in [-0.3, -0.25) is 0 Å². The van der Waals surface area contributed by atoms with Crippen LogP contribution < -0.4 is 10.6 Å². The minimum Gasteiger partial charge on any atom is -0.479 e. The van der Waals surface area contributed by atoms with E-state index in [1.807, 2.05) is 31.2 Å². The fourth-order valence-corrected chi connectivity index (χ4v) is 1.41. The molecule has 0 fully saturated rings. The van der Waals surface area contributed by atoms with Crippen LogP contribution in [0.15, 0.2) is 24.3 Å². The molecule has 1 rings (SSSR count). The topological polar surface area (TPSA) is 87.7 Å². The van der Waals surface area contributed by atoms with Gasteiger partial charge in [0.15, 0.2) is 6.10 Å². The van der Waals surface area contributed by atoms with Gasteiger partial charge < -0.3 is 20.5 Å². The Morgan fingerprint density at radius 2 is 1.89 bits per heavy atom. The van der Waals surface area contributed by atoms with E-state index in [9.17, 15) is 9.59 Å². The highest BCUT2D eigenvalue weighted by atomic mass is 16.5. The smallest absolute Gasteiger partial charge is 0.334 e. The first-order chi connectivity index (χ1) is 9.02. The van der Waals surface area contributed by atoms with Crippen molar-refractivity contribution in [1.29, 1.82) is 0 Å². The number of hydrogen-bond donors (Lipinski definition) is 3. The number of methoxy groups -OCH3 is 1. The first kappa shape index (κ1) is 15.0. The first-order valence-electron chi connectivity index (χ1n) is 5.85. The molecule has 0 aliphatic heterocycles. The molecule has 6 nitrogen and oxygen atoms in total. The third-order valence-electron chi connectivity index (χ3n) is 2.58. The number of rotatable bonds is 6. The summed E-state index contributed by atoms with van der Waals surface area (Å²) in [6.07, 6.45) is -1.04. The Morgan fingerprint density at radius 1 is 1.26 bits per heavy atom. The number of aliphatic carboxylic acids is 1. The van der Waals surface area contributed by atoms with Gasteiger partial charge in [-0.25, -0.2) is 9.59 Å². The zero-order chi connectivity index (χ0) is 14.3. The molecule has 0 heterocycles. The summed E-state index contributed by atoms with van der Waals surface area (Å²) in [5.41, 5.74) is 2.12. The van der Waals surface area contributed by atoms with Crippen LogP contribution in [0, 0.1) is 6.92 Å². The van der Waals surface area contributed by atoms with Crippen molar-refractivity contribution in [1.82, 2.24) is 10.6 Å². The largest absolute Gasteiger partial charge is 0.479 e. The van der Waals surface area contributed by atoms with Crippen LogP contribution in [0.1, 0.15) is 11.1 Å². The molecule has 0 aliphatic carbocycles. The monoisotopic (exact) mass is 266 g/mol. The summed E-state index contributed by atoms with van der Waals surface area (Å²) in [5, 5.41) is 13.8. The molecule has 19 heavy (non-hydrogen) atoms. The Bertz CT molecular complexity index is 431. The molecule has 0 spiro atoms. The van der Waals surface area contributed by atoms with Crippen LogP contribution in [-0.4, -0.2) is 36.9 Å². The van der Waals surface area contributed by atoms with E-state index in [1.165, 1.54) is 7.11 Å². The molecule has 3 N–H and O–H groups in total. The zero-order valence-corrected chi connectivity index (χ0v) is 11.0. The quantitative estimate of drug-likeness (QED) is 0.713. The minimum absolute atomic E-state index is 0.0778. The maximum atomic E-state index is 11.5. The number of nitrogens with one attached hydrogen (secondary N) is 2. The molecule has 0 aromatic heterocycles. The molecule has 0 saturated heterocycles. The molecular formula is C13H18N2O4. The van der Waals surface area contributed by atoms with Gasteiger partial charge in [0.25, 0.3) is 0 Å². The Kier molecular flexibility index (Phi) is 5.81. The third kappa shape index (κ3) is 5.39. The fraction of sp³-hybridized carbons (Fsp3) is 0.385. The van der Waals surface area contributed by atoms with Crippen LogP contribution in [0.2, 0.25) is 0 Å². The van der Waals surface area contributed by atoms with Crippen molar-refractivity contribution in [3.8, 4) is 0 Å². The summed E-state index contributed by atoms with van der Waals surface area (Å²) in [4.78, 5) is 22.1. The van der Waals surface area contributed by atoms with Crippen molar-refractivity contribution < 1.29 is 19.4 Å². The second kappa shape index (κ2) is 7.38. The van der Waals surface area contributed by atoms with Crippen molar-refractivity contribution >= 4 is 12.0 Å². The third-order valence-corrected chi connectivity index (χ3v) is 2.58. The molecule has 2 amide bonds. The maximum Gasteiger partial charge on any atom is 0.334 e. The highest BCUT2D eigenvalue weighted by Gasteiger charge is 2.16. The summed E-state index contributed by atoms with van der Waals surface area (Å²) in [5.74, 6) is -1.11. The molecule has 1 unspecified atom stereocenters. The normalized spacial score (nSPS) is 11.7. The van der Waals surface area contributed by atoms with Crippen LogP contribution in [0.5, 0.6) is 0 Å². The van der Waals surface area contributed by atoms with Gasteiger partial charge in [-0.05, 0) is 12.5 Å². The van der Waals surface area contributed by atoms with E-state index >= 15 is 0 Å². The van der Waals surface area contributed by atoms with Gasteiger partial charge >= 0.3 is 12.0 Å². The molecule has 6 heteroatoms. The van der Waals surface area contributed by atoms with E-state index in [2.05, 4.69) is 10.6 Å². The number of urea groups is 1. The van der Waals surface area contributed by atoms with Crippen molar-refractivity contribution in [3.63, 3.8) is 0 Å². The van der Waals surface area contributed by atoms with Gasteiger partial charge in [0, 0.05) is 13.7 Å². The molecule has 1 aromatic rings. The number of carbonyl (C=O) groups excluding carboxylic acids is 1. The maximum absolute atomic E-state index is 11.5. The van der Waals surface area contributed by atoms with Crippen molar-refractivity contribution in [3.05, 3.63) is 35.4 Å². The summed E-state index contributed by atoms with van der Waals surface area (Å²) in [6, 6.07) is 7.33. The number of ether oxygens (including phenoxy) is 1. The molecular weight excluding hydrogens is 248 g/mol. The molecule has 0 aliphatic rings. The molecule has 0 bridgehead atoms. The highest BCUT2D eigenvalue weighted by Crippen LogP contribution is 2.02. The number of carboxylic acid groups (broad SMARTS) is 1. The van der Waals surface area contributed by atoms with E-state index in [4.69, 9.17) is 9.84 Å². The lowest BCUT2D eigenvalue weighted by Gasteiger charge is -2.12. The van der Waals surface area contributed by atoms with E-state index in [0.717, 1.165) is 11.1 Å². The number of carboxylic acids is 1. The van der Waals surface area contributed by atoms with Gasteiger partial charge in [-0.1, -0.05) is 29.8 Å². The van der Waals surface area contributed by atoms with Crippen LogP contribution in [0.25, 0.3) is 0 Å². The number of aryl methyl sites for hydroxylation is 1. The predicted octanol–water partition coefficient (Wildman–Crippen LogP) is 0.894. The fourth-order valence-electron chi connectivity index (χ4n) is 1.41. The van der Waals surface area contributed by atoms with Gasteiger partial charge in [-0.2, -0.15) is 0 Å². The van der Waals surface area contributed by atoms with Crippen LogP contribution in [0.3, 0.4) is 0 Å². The van der Waals surface area contributed by atoms with E-state index in [1.54, 1.807) is 0 Å². The first-order valence-corrected chi connectivity index (χ1v) is 5.85. The Morgan fingerprint density at radius 3 is 2.42 bits per heavy atom. The van der Waals surface area contributed by atoms with Gasteiger partial charge in [0.05, 0.1) is 6.54 Å². The number of carbonyl (C=O) groups is 2. The molecule has 0 radical (unpaired) electrons. The molecule has 0 saturated carbocycles. The standard InChI is InChI=1S/C13H18N2O4/c1-9-3-5-10(6-4-9)7-14-13(18)15-8-11(19-2)12(16)17/h3-6,11H,7-8H2,1-2H3,(H,16,17)(H2,14,15,18). The van der Waals surface area contributed by atoms with E-state index in [-0.39, 0.29) is 6.54 Å². The van der Waals surface area contributed by atoms with Crippen molar-refractivity contribution in [2.75, 3.05) is 13.7 Å². The van der Waals surface area contributed by atoms with Crippen molar-refractivity contribution in [2.45, 2.75) is 19.6 Å². The average Bonchev–Trinajstić information content (AvgIpc) is 2.38. The highest BCUT2D eigenvalue weighted by molar-refractivity contribution is 5.76. The van der Waals surface area contributed by atoms with Gasteiger partial charge in [0.1, 0.15) is 0 Å². The lowest BCUT2D eigenvalue weighted by Crippen LogP contribution is -2.42. The second-order valence-electron chi connectivity index (χ2n) is 4.11. The van der Waals surface area contributed by atoms with E-state index in [0.29, 0.717) is 6.54 Å². The summed E-state index contributed by atoms with van der Waals surface area (Å²) in [6.45, 7) is 2.29. The Labute approximate surface area is 111 Å². The van der Waals surface area contributed by atoms with E-state index < -0.39 is 18.1 Å². The Balaban J connectivity index is 2.31. The summed E-state index contributed by atoms with van der Waals surface area (Å²) >= 11 is 0. The minimum atomic E-state index is -1.11. The zero-order valence-electron chi connectivity index (χ0n) is 11.0. The molecule has 1 atom stereocenters. The molecule has 1 aromatic carbocycles. The number of amides is 2. The number of hydrogen-bond acceptors (Lipinski definition) is 3. The van der Waals surface area contributed by atoms with Crippen LogP contribution in [-0.2, 0) is 16.1 Å². The predicted molar refractivity (Wildman–Crippen MR) is 69.9 cm³/mol. The Hall–Kier alpha value is -2.08. The van der Waals surface area contributed by atoms with Crippen LogP contribution >= 0.6 is 0 Å². The second-order valence-corrected chi connectivity index (χ2v) is 4.11. The number of benzene rings is 1. The lowest BCUT2D eigenvalue weighted by atomic mass is 10.1. The van der Waals surface area contributed by atoms with Crippen LogP contribution in [0.4, 0.5) is 4.79 Å². The van der Waals surface area contributed by atoms with Crippen molar-refractivity contribution in [2.24, 2.45) is 0 Å². The van der Waals surface area contributed by atoms with Gasteiger partial charge in [0.2, 0.25) is 0 Å². The SMILES string of the molecule is COC(CNC(=O)NCc1ccc(C)cc1)C(=O)O. The lowest BCUT2D eigenvalue weighted by molar-refractivity contribution is -0.147. The molecule has 104 valence electrons. The van der Waals surface area contributed by atoms with Gasteiger partial charge in [-0.15, -0.1) is 0 Å². The average molecular weight is 266 g/mol.